The Kier molecular flexibility index (Phi) is 13.3. The van der Waals surface area contributed by atoms with Crippen LogP contribution in [0.4, 0.5) is 11.4 Å². The second kappa shape index (κ2) is 16.6. The fourth-order valence-electron chi connectivity index (χ4n) is 8.34. The molecule has 2 aromatic carbocycles. The van der Waals surface area contributed by atoms with Crippen molar-refractivity contribution in [2.45, 2.75) is 127 Å². The molecule has 308 valence electrons. The quantitative estimate of drug-likeness (QED) is 0.0409. The number of nitrogens with zero attached hydrogens (tertiary/aromatic N) is 2. The van der Waals surface area contributed by atoms with Crippen molar-refractivity contribution in [2.75, 3.05) is 25.1 Å². The highest BCUT2D eigenvalue weighted by atomic mass is 32.2. The molecule has 2 heterocycles. The molecule has 12 nitrogen and oxygen atoms in total. The molecule has 0 saturated heterocycles. The maximum Gasteiger partial charge on any atom is 0.303 e. The second-order valence-electron chi connectivity index (χ2n) is 17.2. The van der Waals surface area contributed by atoms with Gasteiger partial charge in [-0.1, -0.05) is 52.3 Å². The van der Waals surface area contributed by atoms with Gasteiger partial charge in [-0.05, 0) is 89.3 Å². The SMILES string of the molecule is COS(=O)(=O)c1ccc2c(c1)C(C)(C)C(C(C)(C)C=CC(C)(C)C=C1N(CCCCCC(=O)O)c3ccc(S(=O)(=O)O)cc3C1(C)C)=[N+]2CCCCCC(=O)O. The first-order valence-electron chi connectivity index (χ1n) is 19.1. The van der Waals surface area contributed by atoms with Gasteiger partial charge in [0.1, 0.15) is 6.54 Å². The predicted octanol–water partition coefficient (Wildman–Crippen LogP) is 8.22. The van der Waals surface area contributed by atoms with Gasteiger partial charge in [0, 0.05) is 59.7 Å². The Hall–Kier alpha value is -3.85. The van der Waals surface area contributed by atoms with Crippen molar-refractivity contribution < 1.29 is 49.9 Å². The molecular formula is C42H59N2O10S2+. The second-order valence-corrected chi connectivity index (χ2v) is 20.3. The first-order chi connectivity index (χ1) is 25.8. The zero-order valence-corrected chi connectivity index (χ0v) is 35.8. The third kappa shape index (κ3) is 9.81. The van der Waals surface area contributed by atoms with E-state index in [-0.39, 0.29) is 22.6 Å². The summed E-state index contributed by atoms with van der Waals surface area (Å²) in [5.74, 6) is -1.66. The minimum absolute atomic E-state index is 0.0749. The number of unbranched alkanes of at least 4 members (excludes halogenated alkanes) is 4. The van der Waals surface area contributed by atoms with Crippen LogP contribution in [-0.4, -0.2) is 74.0 Å². The van der Waals surface area contributed by atoms with Crippen LogP contribution in [0, 0.1) is 10.8 Å². The molecule has 0 bridgehead atoms. The summed E-state index contributed by atoms with van der Waals surface area (Å²) in [5.41, 5.74) is 3.06. The Balaban J connectivity index is 1.76. The fourth-order valence-corrected chi connectivity index (χ4v) is 9.53. The van der Waals surface area contributed by atoms with Gasteiger partial charge in [0.05, 0.1) is 27.7 Å². The van der Waals surface area contributed by atoms with Crippen molar-refractivity contribution in [3.05, 3.63) is 71.5 Å². The molecule has 0 aromatic heterocycles. The van der Waals surface area contributed by atoms with E-state index in [1.165, 1.54) is 12.1 Å². The molecule has 3 N–H and O–H groups in total. The summed E-state index contributed by atoms with van der Waals surface area (Å²) in [4.78, 5) is 24.4. The molecule has 0 radical (unpaired) electrons. The number of hydrogen-bond donors (Lipinski definition) is 3. The summed E-state index contributed by atoms with van der Waals surface area (Å²) in [6, 6.07) is 9.74. The third-order valence-electron chi connectivity index (χ3n) is 11.1. The molecule has 0 atom stereocenters. The Bertz CT molecular complexity index is 2160. The Morgan fingerprint density at radius 2 is 1.36 bits per heavy atom. The number of benzene rings is 2. The molecule has 0 fully saturated rings. The van der Waals surface area contributed by atoms with Gasteiger partial charge in [-0.15, -0.1) is 0 Å². The van der Waals surface area contributed by atoms with Crippen molar-refractivity contribution in [1.29, 1.82) is 0 Å². The molecule has 0 spiro atoms. The van der Waals surface area contributed by atoms with Gasteiger partial charge in [0.2, 0.25) is 5.69 Å². The van der Waals surface area contributed by atoms with E-state index in [0.717, 1.165) is 60.3 Å². The van der Waals surface area contributed by atoms with Gasteiger partial charge in [0.25, 0.3) is 20.2 Å². The summed E-state index contributed by atoms with van der Waals surface area (Å²) in [6.07, 6.45) is 10.7. The number of carboxylic acids is 2. The summed E-state index contributed by atoms with van der Waals surface area (Å²) < 4.78 is 66.8. The number of fused-ring (bicyclic) bond motifs is 2. The first-order valence-corrected chi connectivity index (χ1v) is 22.0. The fraction of sp³-hybridized carbons (Fsp3) is 0.548. The summed E-state index contributed by atoms with van der Waals surface area (Å²) in [6.45, 7) is 17.9. The normalized spacial score (nSPS) is 17.5. The van der Waals surface area contributed by atoms with E-state index in [2.05, 4.69) is 69.2 Å². The molecule has 2 aromatic rings. The van der Waals surface area contributed by atoms with Crippen LogP contribution in [0.25, 0.3) is 0 Å². The van der Waals surface area contributed by atoms with E-state index in [1.807, 2.05) is 19.9 Å². The number of anilines is 1. The Morgan fingerprint density at radius 3 is 1.93 bits per heavy atom. The van der Waals surface area contributed by atoms with E-state index in [4.69, 9.17) is 14.4 Å². The molecule has 0 unspecified atom stereocenters. The molecule has 0 aliphatic carbocycles. The molecule has 0 saturated carbocycles. The van der Waals surface area contributed by atoms with Crippen molar-refractivity contribution in [3.8, 4) is 0 Å². The monoisotopic (exact) mass is 815 g/mol. The lowest BCUT2D eigenvalue weighted by atomic mass is 9.69. The van der Waals surface area contributed by atoms with Crippen molar-refractivity contribution >= 4 is 49.3 Å². The lowest BCUT2D eigenvalue weighted by Gasteiger charge is -2.32. The Labute approximate surface area is 332 Å². The highest BCUT2D eigenvalue weighted by Crippen LogP contribution is 2.51. The van der Waals surface area contributed by atoms with Crippen LogP contribution < -0.4 is 4.90 Å². The van der Waals surface area contributed by atoms with Crippen LogP contribution in [0.1, 0.15) is 118 Å². The van der Waals surface area contributed by atoms with Gasteiger partial charge >= 0.3 is 11.9 Å². The lowest BCUT2D eigenvalue weighted by Crippen LogP contribution is -2.40. The van der Waals surface area contributed by atoms with Crippen LogP contribution in [0.15, 0.2) is 70.1 Å². The lowest BCUT2D eigenvalue weighted by molar-refractivity contribution is -0.443. The number of carboxylic acid groups (broad SMARTS) is 2. The molecule has 56 heavy (non-hydrogen) atoms. The van der Waals surface area contributed by atoms with E-state index in [1.54, 1.807) is 18.2 Å². The average molecular weight is 816 g/mol. The maximum absolute atomic E-state index is 12.8. The van der Waals surface area contributed by atoms with Crippen molar-refractivity contribution in [3.63, 3.8) is 0 Å². The smallest absolute Gasteiger partial charge is 0.303 e. The predicted molar refractivity (Wildman–Crippen MR) is 217 cm³/mol. The number of carbonyl (C=O) groups is 2. The number of rotatable bonds is 19. The first kappa shape index (κ1) is 44.9. The van der Waals surface area contributed by atoms with E-state index >= 15 is 0 Å². The van der Waals surface area contributed by atoms with E-state index in [9.17, 15) is 31.0 Å². The topological polar surface area (TPSA) is 179 Å². The van der Waals surface area contributed by atoms with Crippen molar-refractivity contribution in [2.24, 2.45) is 10.8 Å². The van der Waals surface area contributed by atoms with Crippen LogP contribution in [-0.2, 0) is 44.8 Å². The highest BCUT2D eigenvalue weighted by Gasteiger charge is 2.52. The zero-order chi connectivity index (χ0) is 42.1. The number of allylic oxidation sites excluding steroid dienone is 4. The summed E-state index contributed by atoms with van der Waals surface area (Å²) >= 11 is 0. The Morgan fingerprint density at radius 1 is 0.786 bits per heavy atom. The van der Waals surface area contributed by atoms with Crippen LogP contribution in [0.2, 0.25) is 0 Å². The maximum atomic E-state index is 12.8. The number of aliphatic carboxylic acids is 2. The summed E-state index contributed by atoms with van der Waals surface area (Å²) in [5, 5.41) is 18.3. The highest BCUT2D eigenvalue weighted by molar-refractivity contribution is 7.86. The van der Waals surface area contributed by atoms with Gasteiger partial charge in [-0.25, -0.2) is 0 Å². The van der Waals surface area contributed by atoms with Crippen LogP contribution in [0.3, 0.4) is 0 Å². The standard InChI is InChI=1S/C42H58N2O10S2/c1-39(2,28-35-41(5,6)31-26-29(55(49,50)51)18-20-33(31)43(35)24-14-10-12-16-36(45)46)22-23-40(3,4)38-42(7,8)32-27-30(56(52,53)54-9)19-21-34(32)44(38)25-15-11-13-17-37(47)48/h18-23,26-28H,10-17,24-25H2,1-9H3,(H2-,45,46,47,48,49,50,51)/p+1. The molecule has 14 heteroatoms. The number of hydrogen-bond acceptors (Lipinski definition) is 8. The average Bonchev–Trinajstić information content (AvgIpc) is 3.44. The van der Waals surface area contributed by atoms with Crippen LogP contribution in [0.5, 0.6) is 0 Å². The molecule has 0 amide bonds. The van der Waals surface area contributed by atoms with Crippen molar-refractivity contribution in [1.82, 2.24) is 0 Å². The minimum atomic E-state index is -4.44. The van der Waals surface area contributed by atoms with Gasteiger partial charge in [-0.2, -0.15) is 21.4 Å². The molecule has 2 aliphatic rings. The van der Waals surface area contributed by atoms with Gasteiger partial charge in [0.15, 0.2) is 5.71 Å². The molecule has 2 aliphatic heterocycles. The third-order valence-corrected chi connectivity index (χ3v) is 13.2. The van der Waals surface area contributed by atoms with E-state index < -0.39 is 53.8 Å². The summed E-state index contributed by atoms with van der Waals surface area (Å²) in [7, 11) is -7.24. The van der Waals surface area contributed by atoms with Gasteiger partial charge in [-0.3, -0.25) is 18.3 Å². The van der Waals surface area contributed by atoms with E-state index in [0.29, 0.717) is 32.4 Å². The molecule has 4 rings (SSSR count). The molecular weight excluding hydrogens is 757 g/mol. The zero-order valence-electron chi connectivity index (χ0n) is 34.2. The van der Waals surface area contributed by atoms with Crippen LogP contribution >= 0.6 is 0 Å². The largest absolute Gasteiger partial charge is 0.481 e. The minimum Gasteiger partial charge on any atom is -0.481 e. The van der Waals surface area contributed by atoms with Gasteiger partial charge < -0.3 is 15.1 Å².